The Morgan fingerprint density at radius 2 is 1.71 bits per heavy atom. The Hall–Kier alpha value is -3.98. The summed E-state index contributed by atoms with van der Waals surface area (Å²) in [5, 5.41) is 11.5. The van der Waals surface area contributed by atoms with Gasteiger partial charge in [-0.05, 0) is 54.7 Å². The number of anilines is 1. The summed E-state index contributed by atoms with van der Waals surface area (Å²) >= 11 is 5.16. The Morgan fingerprint density at radius 1 is 1.03 bits per heavy atom. The number of carbonyl (C=O) groups excluding carboxylic acids is 2. The molecule has 7 nitrogen and oxygen atoms in total. The van der Waals surface area contributed by atoms with Gasteiger partial charge in [0.1, 0.15) is 24.9 Å². The summed E-state index contributed by atoms with van der Waals surface area (Å²) in [5.74, 6) is -1.52. The van der Waals surface area contributed by atoms with Gasteiger partial charge >= 0.3 is 5.97 Å². The molecule has 0 atom stereocenters. The first kappa shape index (κ1) is 20.3. The van der Waals surface area contributed by atoms with E-state index < -0.39 is 17.8 Å². The zero-order valence-electron chi connectivity index (χ0n) is 15.9. The fraction of sp³-hybridized carbons (Fsp3) is 0. The van der Waals surface area contributed by atoms with E-state index in [1.807, 2.05) is 0 Å². The fourth-order valence-electron chi connectivity index (χ4n) is 3.02. The quantitative estimate of drug-likeness (QED) is 0.286. The summed E-state index contributed by atoms with van der Waals surface area (Å²) in [5.41, 5.74) is 1.65. The normalized spacial score (nSPS) is 15.3. The van der Waals surface area contributed by atoms with Crippen LogP contribution in [0.4, 0.5) is 5.69 Å². The van der Waals surface area contributed by atoms with Crippen molar-refractivity contribution in [1.82, 2.24) is 5.32 Å². The molecular weight excluding hydrogens is 415 g/mol. The lowest BCUT2D eigenvalue weighted by Gasteiger charge is -2.28. The molecular formula is C22H13BN2O5S. The van der Waals surface area contributed by atoms with Crippen molar-refractivity contribution in [3.05, 3.63) is 77.6 Å². The van der Waals surface area contributed by atoms with Crippen molar-refractivity contribution in [3.63, 3.8) is 0 Å². The van der Waals surface area contributed by atoms with Crippen LogP contribution in [0.2, 0.25) is 0 Å². The van der Waals surface area contributed by atoms with Gasteiger partial charge in [0.05, 0.1) is 11.3 Å². The number of hydrogen-bond donors (Lipinski definition) is 2. The smallest absolute Gasteiger partial charge is 0.335 e. The molecule has 9 heteroatoms. The third kappa shape index (κ3) is 4.03. The average molecular weight is 428 g/mol. The van der Waals surface area contributed by atoms with Crippen molar-refractivity contribution in [2.75, 3.05) is 4.90 Å². The third-order valence-electron chi connectivity index (χ3n) is 4.58. The summed E-state index contributed by atoms with van der Waals surface area (Å²) in [6, 6.07) is 15.9. The van der Waals surface area contributed by atoms with Gasteiger partial charge in [0, 0.05) is 5.56 Å². The van der Waals surface area contributed by atoms with E-state index >= 15 is 0 Å². The van der Waals surface area contributed by atoms with Crippen LogP contribution in [0.15, 0.2) is 70.7 Å². The summed E-state index contributed by atoms with van der Waals surface area (Å²) in [4.78, 5) is 37.6. The molecule has 31 heavy (non-hydrogen) atoms. The van der Waals surface area contributed by atoms with E-state index in [0.717, 1.165) is 0 Å². The SMILES string of the molecule is [B]c1ccc(N2C(=O)/C(=C/c3ccc(-c4ccc(C(=O)O)cc4)o3)C(=O)NC2=S)cc1. The van der Waals surface area contributed by atoms with Crippen LogP contribution in [0.1, 0.15) is 16.1 Å². The number of carbonyl (C=O) groups is 3. The van der Waals surface area contributed by atoms with Crippen molar-refractivity contribution in [2.24, 2.45) is 0 Å². The Kier molecular flexibility index (Phi) is 5.27. The van der Waals surface area contributed by atoms with Gasteiger partial charge in [-0.1, -0.05) is 29.7 Å². The number of benzene rings is 2. The van der Waals surface area contributed by atoms with Crippen molar-refractivity contribution in [2.45, 2.75) is 0 Å². The Balaban J connectivity index is 1.63. The highest BCUT2D eigenvalue weighted by atomic mass is 32.1. The number of carboxylic acids is 1. The molecule has 2 heterocycles. The second kappa shape index (κ2) is 8.04. The van der Waals surface area contributed by atoms with Gasteiger partial charge in [-0.2, -0.15) is 0 Å². The van der Waals surface area contributed by atoms with Gasteiger partial charge in [-0.3, -0.25) is 19.8 Å². The largest absolute Gasteiger partial charge is 0.478 e. The molecule has 2 N–H and O–H groups in total. The number of rotatable bonds is 4. The molecule has 0 unspecified atom stereocenters. The van der Waals surface area contributed by atoms with Crippen molar-refractivity contribution in [3.8, 4) is 11.3 Å². The molecule has 3 aromatic rings. The van der Waals surface area contributed by atoms with E-state index in [4.69, 9.17) is 29.6 Å². The lowest BCUT2D eigenvalue weighted by atomic mass is 9.96. The number of aromatic carboxylic acids is 1. The lowest BCUT2D eigenvalue weighted by Crippen LogP contribution is -2.54. The lowest BCUT2D eigenvalue weighted by molar-refractivity contribution is -0.122. The van der Waals surface area contributed by atoms with Gasteiger partial charge in [0.15, 0.2) is 5.11 Å². The Morgan fingerprint density at radius 3 is 2.35 bits per heavy atom. The highest BCUT2D eigenvalue weighted by Gasteiger charge is 2.34. The summed E-state index contributed by atoms with van der Waals surface area (Å²) in [7, 11) is 5.69. The zero-order chi connectivity index (χ0) is 22.1. The van der Waals surface area contributed by atoms with Crippen molar-refractivity contribution < 1.29 is 23.9 Å². The molecule has 1 fully saturated rings. The maximum absolute atomic E-state index is 13.0. The fourth-order valence-corrected chi connectivity index (χ4v) is 3.30. The first-order valence-corrected chi connectivity index (χ1v) is 9.45. The highest BCUT2D eigenvalue weighted by Crippen LogP contribution is 2.26. The minimum atomic E-state index is -1.03. The predicted molar refractivity (Wildman–Crippen MR) is 119 cm³/mol. The molecule has 0 saturated carbocycles. The van der Waals surface area contributed by atoms with Gasteiger partial charge in [0.25, 0.3) is 11.8 Å². The van der Waals surface area contributed by atoms with Gasteiger partial charge < -0.3 is 9.52 Å². The van der Waals surface area contributed by atoms with E-state index in [0.29, 0.717) is 22.5 Å². The van der Waals surface area contributed by atoms with E-state index in [-0.39, 0.29) is 22.0 Å². The monoisotopic (exact) mass is 428 g/mol. The zero-order valence-corrected chi connectivity index (χ0v) is 16.7. The number of thiocarbonyl (C=S) groups is 1. The minimum absolute atomic E-state index is 0.0319. The van der Waals surface area contributed by atoms with Crippen LogP contribution in [0.25, 0.3) is 17.4 Å². The van der Waals surface area contributed by atoms with Crippen LogP contribution < -0.4 is 15.7 Å². The molecule has 150 valence electrons. The van der Waals surface area contributed by atoms with E-state index in [1.54, 1.807) is 48.5 Å². The molecule has 2 aromatic carbocycles. The Labute approximate surface area is 183 Å². The van der Waals surface area contributed by atoms with Crippen LogP contribution in [0.5, 0.6) is 0 Å². The Bertz CT molecular complexity index is 1250. The molecule has 1 saturated heterocycles. The highest BCUT2D eigenvalue weighted by molar-refractivity contribution is 7.80. The van der Waals surface area contributed by atoms with Crippen LogP contribution in [0, 0.1) is 0 Å². The van der Waals surface area contributed by atoms with Gasteiger partial charge in [-0.15, -0.1) is 0 Å². The number of nitrogens with zero attached hydrogens (tertiary/aromatic N) is 1. The second-order valence-electron chi connectivity index (χ2n) is 6.63. The number of nitrogens with one attached hydrogen (secondary N) is 1. The van der Waals surface area contributed by atoms with Gasteiger partial charge in [0.2, 0.25) is 0 Å². The molecule has 0 bridgehead atoms. The third-order valence-corrected chi connectivity index (χ3v) is 4.87. The number of furan rings is 1. The van der Waals surface area contributed by atoms with Crippen LogP contribution in [-0.2, 0) is 9.59 Å². The summed E-state index contributed by atoms with van der Waals surface area (Å²) < 4.78 is 5.73. The summed E-state index contributed by atoms with van der Waals surface area (Å²) in [6.45, 7) is 0. The van der Waals surface area contributed by atoms with Crippen LogP contribution in [0.3, 0.4) is 0 Å². The molecule has 2 amide bonds. The first-order chi connectivity index (χ1) is 14.8. The average Bonchev–Trinajstić information content (AvgIpc) is 3.21. The molecule has 1 aromatic heterocycles. The van der Waals surface area contributed by atoms with E-state index in [9.17, 15) is 14.4 Å². The summed E-state index contributed by atoms with van der Waals surface area (Å²) in [6.07, 6.45) is 1.33. The number of hydrogen-bond acceptors (Lipinski definition) is 5. The van der Waals surface area contributed by atoms with Crippen molar-refractivity contribution >= 4 is 60.2 Å². The van der Waals surface area contributed by atoms with E-state index in [2.05, 4.69) is 5.32 Å². The number of carboxylic acid groups (broad SMARTS) is 1. The topological polar surface area (TPSA) is 99.8 Å². The standard InChI is InChI=1S/C22H13BN2O5S/c23-14-5-7-15(8-6-14)25-20(27)17(19(26)24-22(25)31)11-16-9-10-18(30-16)12-1-3-13(4-2-12)21(28)29/h1-11H,(H,28,29)(H,24,26,31)/b17-11+. The second-order valence-corrected chi connectivity index (χ2v) is 7.02. The molecule has 0 aliphatic carbocycles. The first-order valence-electron chi connectivity index (χ1n) is 9.04. The van der Waals surface area contributed by atoms with E-state index in [1.165, 1.54) is 23.1 Å². The maximum atomic E-state index is 13.0. The minimum Gasteiger partial charge on any atom is -0.478 e. The predicted octanol–water partition coefficient (Wildman–Crippen LogP) is 2.27. The molecule has 1 aliphatic rings. The van der Waals surface area contributed by atoms with Crippen LogP contribution in [-0.4, -0.2) is 35.8 Å². The maximum Gasteiger partial charge on any atom is 0.335 e. The van der Waals surface area contributed by atoms with Gasteiger partial charge in [-0.25, -0.2) is 4.79 Å². The molecule has 4 rings (SSSR count). The molecule has 1 aliphatic heterocycles. The van der Waals surface area contributed by atoms with Crippen molar-refractivity contribution in [1.29, 1.82) is 0 Å². The van der Waals surface area contributed by atoms with Crippen LogP contribution >= 0.6 is 12.2 Å². The molecule has 2 radical (unpaired) electrons. The number of amides is 2. The molecule has 0 spiro atoms.